The first kappa shape index (κ1) is 12.8. The van der Waals surface area contributed by atoms with Crippen LogP contribution in [0.5, 0.6) is 0 Å². The number of benzene rings is 1. The maximum Gasteiger partial charge on any atom is 0.274 e. The number of amides is 1. The zero-order chi connectivity index (χ0) is 14.1. The van der Waals surface area contributed by atoms with Gasteiger partial charge in [-0.1, -0.05) is 12.1 Å². The molecule has 0 atom stereocenters. The van der Waals surface area contributed by atoms with Gasteiger partial charge in [-0.2, -0.15) is 0 Å². The summed E-state index contributed by atoms with van der Waals surface area (Å²) in [6.45, 7) is 3.98. The Morgan fingerprint density at radius 3 is 2.75 bits per heavy atom. The predicted molar refractivity (Wildman–Crippen MR) is 77.9 cm³/mol. The SMILES string of the molecule is Cc1ccc(C)c(NC(=O)c2cc(C3CC3)ncn2)c1. The van der Waals surface area contributed by atoms with E-state index in [4.69, 9.17) is 0 Å². The molecule has 0 spiro atoms. The van der Waals surface area contributed by atoms with Crippen molar-refractivity contribution in [2.45, 2.75) is 32.6 Å². The van der Waals surface area contributed by atoms with E-state index in [1.807, 2.05) is 32.0 Å². The van der Waals surface area contributed by atoms with Gasteiger partial charge >= 0.3 is 0 Å². The number of hydrogen-bond acceptors (Lipinski definition) is 3. The summed E-state index contributed by atoms with van der Waals surface area (Å²) < 4.78 is 0. The number of anilines is 1. The van der Waals surface area contributed by atoms with Gasteiger partial charge in [-0.05, 0) is 49.9 Å². The Labute approximate surface area is 118 Å². The molecule has 1 amide bonds. The molecule has 4 heteroatoms. The van der Waals surface area contributed by atoms with E-state index in [2.05, 4.69) is 15.3 Å². The normalized spacial score (nSPS) is 14.1. The van der Waals surface area contributed by atoms with Crippen LogP contribution >= 0.6 is 0 Å². The number of nitrogens with one attached hydrogen (secondary N) is 1. The second-order valence-electron chi connectivity index (χ2n) is 5.37. The molecule has 1 aliphatic carbocycles. The van der Waals surface area contributed by atoms with Gasteiger partial charge < -0.3 is 5.32 Å². The second kappa shape index (κ2) is 5.04. The minimum Gasteiger partial charge on any atom is -0.320 e. The summed E-state index contributed by atoms with van der Waals surface area (Å²) in [4.78, 5) is 20.6. The van der Waals surface area contributed by atoms with Gasteiger partial charge in [-0.15, -0.1) is 0 Å². The lowest BCUT2D eigenvalue weighted by Gasteiger charge is -2.09. The van der Waals surface area contributed by atoms with Crippen LogP contribution in [0.1, 0.15) is 46.1 Å². The molecule has 1 fully saturated rings. The Morgan fingerprint density at radius 1 is 1.20 bits per heavy atom. The highest BCUT2D eigenvalue weighted by Crippen LogP contribution is 2.38. The third-order valence-corrected chi connectivity index (χ3v) is 3.56. The first-order chi connectivity index (χ1) is 9.63. The van der Waals surface area contributed by atoms with E-state index in [1.165, 1.54) is 6.33 Å². The van der Waals surface area contributed by atoms with Crippen LogP contribution in [-0.2, 0) is 0 Å². The van der Waals surface area contributed by atoms with Gasteiger partial charge in [0.25, 0.3) is 5.91 Å². The maximum absolute atomic E-state index is 12.3. The number of nitrogens with zero attached hydrogens (tertiary/aromatic N) is 2. The van der Waals surface area contributed by atoms with Gasteiger partial charge in [0.1, 0.15) is 12.0 Å². The van der Waals surface area contributed by atoms with Gasteiger partial charge in [-0.25, -0.2) is 9.97 Å². The minimum absolute atomic E-state index is 0.178. The molecular weight excluding hydrogens is 250 g/mol. The Kier molecular flexibility index (Phi) is 3.22. The van der Waals surface area contributed by atoms with Crippen molar-refractivity contribution in [1.29, 1.82) is 0 Å². The molecular formula is C16H17N3O. The van der Waals surface area contributed by atoms with Gasteiger partial charge in [-0.3, -0.25) is 4.79 Å². The fraction of sp³-hybridized carbons (Fsp3) is 0.312. The topological polar surface area (TPSA) is 54.9 Å². The minimum atomic E-state index is -0.178. The molecule has 102 valence electrons. The zero-order valence-corrected chi connectivity index (χ0v) is 11.7. The van der Waals surface area contributed by atoms with E-state index in [-0.39, 0.29) is 5.91 Å². The van der Waals surface area contributed by atoms with Crippen molar-refractivity contribution in [2.75, 3.05) is 5.32 Å². The van der Waals surface area contributed by atoms with Crippen LogP contribution in [0, 0.1) is 13.8 Å². The first-order valence-corrected chi connectivity index (χ1v) is 6.84. The van der Waals surface area contributed by atoms with E-state index in [0.717, 1.165) is 35.3 Å². The van der Waals surface area contributed by atoms with Gasteiger partial charge in [0.2, 0.25) is 0 Å². The highest BCUT2D eigenvalue weighted by Gasteiger charge is 2.26. The fourth-order valence-corrected chi connectivity index (χ4v) is 2.16. The smallest absolute Gasteiger partial charge is 0.274 e. The lowest BCUT2D eigenvalue weighted by atomic mass is 10.1. The molecule has 0 aliphatic heterocycles. The second-order valence-corrected chi connectivity index (χ2v) is 5.37. The fourth-order valence-electron chi connectivity index (χ4n) is 2.16. The van der Waals surface area contributed by atoms with Crippen LogP contribution in [-0.4, -0.2) is 15.9 Å². The van der Waals surface area contributed by atoms with Crippen molar-refractivity contribution < 1.29 is 4.79 Å². The summed E-state index contributed by atoms with van der Waals surface area (Å²) in [5, 5.41) is 2.92. The lowest BCUT2D eigenvalue weighted by molar-refractivity contribution is 0.102. The molecule has 2 aromatic rings. The third kappa shape index (κ3) is 2.69. The molecule has 0 radical (unpaired) electrons. The van der Waals surface area contributed by atoms with Crippen LogP contribution in [0.4, 0.5) is 5.69 Å². The number of rotatable bonds is 3. The van der Waals surface area contributed by atoms with Gasteiger partial charge in [0.15, 0.2) is 0 Å². The van der Waals surface area contributed by atoms with Crippen molar-refractivity contribution in [2.24, 2.45) is 0 Å². The average molecular weight is 267 g/mol. The lowest BCUT2D eigenvalue weighted by Crippen LogP contribution is -2.15. The Balaban J connectivity index is 1.82. The Bertz CT molecular complexity index is 663. The number of hydrogen-bond donors (Lipinski definition) is 1. The highest BCUT2D eigenvalue weighted by atomic mass is 16.1. The summed E-state index contributed by atoms with van der Waals surface area (Å²) in [6.07, 6.45) is 3.80. The molecule has 1 N–H and O–H groups in total. The molecule has 4 nitrogen and oxygen atoms in total. The van der Waals surface area contributed by atoms with Gasteiger partial charge in [0.05, 0.1) is 0 Å². The van der Waals surface area contributed by atoms with E-state index >= 15 is 0 Å². The molecule has 1 saturated carbocycles. The van der Waals surface area contributed by atoms with Crippen LogP contribution in [0.3, 0.4) is 0 Å². The summed E-state index contributed by atoms with van der Waals surface area (Å²) in [5.74, 6) is 0.341. The van der Waals surface area contributed by atoms with Crippen molar-refractivity contribution in [3.63, 3.8) is 0 Å². The number of aryl methyl sites for hydroxylation is 2. The van der Waals surface area contributed by atoms with Gasteiger partial charge in [0, 0.05) is 17.3 Å². The summed E-state index contributed by atoms with van der Waals surface area (Å²) >= 11 is 0. The molecule has 1 aromatic carbocycles. The van der Waals surface area contributed by atoms with Crippen molar-refractivity contribution in [1.82, 2.24) is 9.97 Å². The maximum atomic E-state index is 12.3. The Morgan fingerprint density at radius 2 is 2.00 bits per heavy atom. The Hall–Kier alpha value is -2.23. The summed E-state index contributed by atoms with van der Waals surface area (Å²) in [7, 11) is 0. The number of carbonyl (C=O) groups excluding carboxylic acids is 1. The largest absolute Gasteiger partial charge is 0.320 e. The molecule has 1 aliphatic rings. The predicted octanol–water partition coefficient (Wildman–Crippen LogP) is 3.22. The molecule has 0 bridgehead atoms. The molecule has 3 rings (SSSR count). The molecule has 1 aromatic heterocycles. The standard InChI is InChI=1S/C16H17N3O/c1-10-3-4-11(2)13(7-10)19-16(20)15-8-14(12-5-6-12)17-9-18-15/h3-4,7-9,12H,5-6H2,1-2H3,(H,19,20). The van der Waals surface area contributed by atoms with Crippen molar-refractivity contribution >= 4 is 11.6 Å². The van der Waals surface area contributed by atoms with Crippen LogP contribution in [0.25, 0.3) is 0 Å². The van der Waals surface area contributed by atoms with E-state index in [9.17, 15) is 4.79 Å². The molecule has 0 saturated heterocycles. The summed E-state index contributed by atoms with van der Waals surface area (Å²) in [5.41, 5.74) is 4.41. The van der Waals surface area contributed by atoms with Crippen molar-refractivity contribution in [3.05, 3.63) is 53.1 Å². The van der Waals surface area contributed by atoms with E-state index in [0.29, 0.717) is 11.6 Å². The van der Waals surface area contributed by atoms with Crippen LogP contribution in [0.2, 0.25) is 0 Å². The average Bonchev–Trinajstić information content (AvgIpc) is 3.27. The molecule has 1 heterocycles. The van der Waals surface area contributed by atoms with Crippen LogP contribution < -0.4 is 5.32 Å². The zero-order valence-electron chi connectivity index (χ0n) is 11.7. The molecule has 20 heavy (non-hydrogen) atoms. The van der Waals surface area contributed by atoms with Crippen LogP contribution in [0.15, 0.2) is 30.6 Å². The van der Waals surface area contributed by atoms with E-state index in [1.54, 1.807) is 6.07 Å². The summed E-state index contributed by atoms with van der Waals surface area (Å²) in [6, 6.07) is 7.80. The number of carbonyl (C=O) groups is 1. The molecule has 0 unspecified atom stereocenters. The van der Waals surface area contributed by atoms with E-state index < -0.39 is 0 Å². The monoisotopic (exact) mass is 267 g/mol. The third-order valence-electron chi connectivity index (χ3n) is 3.56. The van der Waals surface area contributed by atoms with Crippen molar-refractivity contribution in [3.8, 4) is 0 Å². The quantitative estimate of drug-likeness (QED) is 0.929. The number of aromatic nitrogens is 2. The first-order valence-electron chi connectivity index (χ1n) is 6.84. The highest BCUT2D eigenvalue weighted by molar-refractivity contribution is 6.03.